The zero-order valence-electron chi connectivity index (χ0n) is 17.5. The maximum absolute atomic E-state index is 3.89. The molecule has 150 valence electrons. The van der Waals surface area contributed by atoms with Gasteiger partial charge in [0.15, 0.2) is 0 Å². The van der Waals surface area contributed by atoms with Crippen molar-refractivity contribution in [2.24, 2.45) is 0 Å². The molecule has 1 nitrogen and oxygen atoms in total. The fourth-order valence-corrected chi connectivity index (χ4v) is 3.62. The molecular formula is C30H25N. The zero-order chi connectivity index (χ0) is 21.5. The SMILES string of the molecule is C=C/C=C(\C=C)c1ccc(Nc2cc(-c3ccccc3)cc(-c3ccccc3)c2)cc1. The summed E-state index contributed by atoms with van der Waals surface area (Å²) in [6, 6.07) is 36.0. The highest BCUT2D eigenvalue weighted by atomic mass is 14.9. The van der Waals surface area contributed by atoms with E-state index in [0.29, 0.717) is 0 Å². The number of hydrogen-bond donors (Lipinski definition) is 1. The van der Waals surface area contributed by atoms with Crippen molar-refractivity contribution < 1.29 is 0 Å². The van der Waals surface area contributed by atoms with Crippen LogP contribution >= 0.6 is 0 Å². The van der Waals surface area contributed by atoms with Crippen LogP contribution in [0.1, 0.15) is 5.56 Å². The molecule has 0 atom stereocenters. The van der Waals surface area contributed by atoms with Gasteiger partial charge >= 0.3 is 0 Å². The number of anilines is 2. The minimum Gasteiger partial charge on any atom is -0.355 e. The van der Waals surface area contributed by atoms with Crippen LogP contribution in [0, 0.1) is 0 Å². The highest BCUT2D eigenvalue weighted by molar-refractivity contribution is 5.80. The topological polar surface area (TPSA) is 12.0 Å². The van der Waals surface area contributed by atoms with Gasteiger partial charge in [-0.3, -0.25) is 0 Å². The summed E-state index contributed by atoms with van der Waals surface area (Å²) in [7, 11) is 0. The normalized spacial score (nSPS) is 11.0. The summed E-state index contributed by atoms with van der Waals surface area (Å²) in [5.74, 6) is 0. The van der Waals surface area contributed by atoms with Gasteiger partial charge in [0.05, 0.1) is 0 Å². The second-order valence-electron chi connectivity index (χ2n) is 7.30. The zero-order valence-corrected chi connectivity index (χ0v) is 17.5. The average molecular weight is 400 g/mol. The van der Waals surface area contributed by atoms with Crippen LogP contribution in [0.4, 0.5) is 11.4 Å². The molecule has 4 rings (SSSR count). The van der Waals surface area contributed by atoms with E-state index in [1.165, 1.54) is 22.3 Å². The number of hydrogen-bond acceptors (Lipinski definition) is 1. The molecule has 0 fully saturated rings. The maximum atomic E-state index is 3.89. The Morgan fingerprint density at radius 3 is 1.61 bits per heavy atom. The summed E-state index contributed by atoms with van der Waals surface area (Å²) in [5.41, 5.74) is 9.02. The first-order chi connectivity index (χ1) is 15.3. The smallest absolute Gasteiger partial charge is 0.0396 e. The Hall–Kier alpha value is -4.10. The van der Waals surface area contributed by atoms with Crippen LogP contribution < -0.4 is 5.32 Å². The summed E-state index contributed by atoms with van der Waals surface area (Å²) >= 11 is 0. The standard InChI is InChI=1S/C30H25N/c1-3-11-23(4-2)26-16-18-29(19-17-26)31-30-21-27(24-12-7-5-8-13-24)20-28(22-30)25-14-9-6-10-15-25/h3-22,31H,1-2H2/b23-11+. The highest BCUT2D eigenvalue weighted by Crippen LogP contribution is 2.32. The van der Waals surface area contributed by atoms with Gasteiger partial charge in [-0.25, -0.2) is 0 Å². The quantitative estimate of drug-likeness (QED) is 0.307. The lowest BCUT2D eigenvalue weighted by atomic mass is 9.98. The molecule has 0 saturated heterocycles. The molecule has 0 unspecified atom stereocenters. The molecule has 0 aliphatic heterocycles. The molecule has 1 heteroatoms. The second-order valence-corrected chi connectivity index (χ2v) is 7.30. The maximum Gasteiger partial charge on any atom is 0.0396 e. The fourth-order valence-electron chi connectivity index (χ4n) is 3.62. The van der Waals surface area contributed by atoms with Crippen LogP contribution in [0.25, 0.3) is 27.8 Å². The third-order valence-electron chi connectivity index (χ3n) is 5.17. The van der Waals surface area contributed by atoms with Crippen molar-refractivity contribution in [1.29, 1.82) is 0 Å². The highest BCUT2D eigenvalue weighted by Gasteiger charge is 2.06. The Morgan fingerprint density at radius 1 is 0.581 bits per heavy atom. The van der Waals surface area contributed by atoms with Crippen molar-refractivity contribution in [3.8, 4) is 22.3 Å². The Bertz CT molecular complexity index is 1140. The predicted octanol–water partition coefficient (Wildman–Crippen LogP) is 8.52. The first-order valence-electron chi connectivity index (χ1n) is 10.4. The van der Waals surface area contributed by atoms with E-state index in [1.54, 1.807) is 6.08 Å². The van der Waals surface area contributed by atoms with Gasteiger partial charge in [0, 0.05) is 11.4 Å². The van der Waals surface area contributed by atoms with E-state index < -0.39 is 0 Å². The molecule has 0 bridgehead atoms. The fraction of sp³-hybridized carbons (Fsp3) is 0. The van der Waals surface area contributed by atoms with Gasteiger partial charge in [-0.05, 0) is 63.7 Å². The van der Waals surface area contributed by atoms with Crippen molar-refractivity contribution in [2.45, 2.75) is 0 Å². The molecule has 0 heterocycles. The summed E-state index contributed by atoms with van der Waals surface area (Å²) in [5, 5.41) is 3.57. The van der Waals surface area contributed by atoms with Crippen molar-refractivity contribution in [1.82, 2.24) is 0 Å². The summed E-state index contributed by atoms with van der Waals surface area (Å²) in [6.45, 7) is 7.67. The van der Waals surface area contributed by atoms with Crippen molar-refractivity contribution in [3.05, 3.63) is 140 Å². The average Bonchev–Trinajstić information content (AvgIpc) is 2.84. The van der Waals surface area contributed by atoms with E-state index in [1.807, 2.05) is 24.3 Å². The second kappa shape index (κ2) is 9.60. The molecule has 0 aromatic heterocycles. The molecule has 0 spiro atoms. The minimum absolute atomic E-state index is 1.04. The number of allylic oxidation sites excluding steroid dienone is 4. The molecule has 0 amide bonds. The molecule has 1 N–H and O–H groups in total. The number of benzene rings is 4. The Labute approximate surface area is 184 Å². The van der Waals surface area contributed by atoms with E-state index in [4.69, 9.17) is 0 Å². The van der Waals surface area contributed by atoms with Crippen molar-refractivity contribution in [2.75, 3.05) is 5.32 Å². The third kappa shape index (κ3) is 4.91. The molecule has 4 aromatic rings. The van der Waals surface area contributed by atoms with Gasteiger partial charge in [-0.1, -0.05) is 104 Å². The van der Waals surface area contributed by atoms with Gasteiger partial charge in [-0.2, -0.15) is 0 Å². The van der Waals surface area contributed by atoms with Crippen LogP contribution in [-0.4, -0.2) is 0 Å². The summed E-state index contributed by atoms with van der Waals surface area (Å²) in [4.78, 5) is 0. The van der Waals surface area contributed by atoms with Gasteiger partial charge in [0.2, 0.25) is 0 Å². The lowest BCUT2D eigenvalue weighted by molar-refractivity contribution is 1.52. The molecule has 0 aliphatic carbocycles. The van der Waals surface area contributed by atoms with Gasteiger partial charge in [0.1, 0.15) is 0 Å². The Kier molecular flexibility index (Phi) is 6.25. The van der Waals surface area contributed by atoms with E-state index in [2.05, 4.69) is 109 Å². The molecule has 0 radical (unpaired) electrons. The molecular weight excluding hydrogens is 374 g/mol. The van der Waals surface area contributed by atoms with Crippen molar-refractivity contribution >= 4 is 16.9 Å². The molecule has 31 heavy (non-hydrogen) atoms. The summed E-state index contributed by atoms with van der Waals surface area (Å²) in [6.07, 6.45) is 5.59. The van der Waals surface area contributed by atoms with E-state index >= 15 is 0 Å². The largest absolute Gasteiger partial charge is 0.355 e. The van der Waals surface area contributed by atoms with E-state index in [9.17, 15) is 0 Å². The van der Waals surface area contributed by atoms with Crippen molar-refractivity contribution in [3.63, 3.8) is 0 Å². The van der Waals surface area contributed by atoms with E-state index in [-0.39, 0.29) is 0 Å². The third-order valence-corrected chi connectivity index (χ3v) is 5.17. The molecule has 4 aromatic carbocycles. The van der Waals surface area contributed by atoms with Crippen LogP contribution in [0.2, 0.25) is 0 Å². The minimum atomic E-state index is 1.04. The van der Waals surface area contributed by atoms with Gasteiger partial charge in [0.25, 0.3) is 0 Å². The van der Waals surface area contributed by atoms with Gasteiger partial charge < -0.3 is 5.32 Å². The molecule has 0 saturated carbocycles. The van der Waals surface area contributed by atoms with Crippen LogP contribution in [0.15, 0.2) is 135 Å². The Balaban J connectivity index is 1.70. The lowest BCUT2D eigenvalue weighted by Gasteiger charge is -2.13. The van der Waals surface area contributed by atoms with Crippen LogP contribution in [0.5, 0.6) is 0 Å². The predicted molar refractivity (Wildman–Crippen MR) is 135 cm³/mol. The number of rotatable bonds is 7. The van der Waals surface area contributed by atoms with E-state index in [0.717, 1.165) is 22.5 Å². The monoisotopic (exact) mass is 399 g/mol. The number of nitrogens with one attached hydrogen (secondary N) is 1. The molecule has 0 aliphatic rings. The Morgan fingerprint density at radius 2 is 1.13 bits per heavy atom. The first-order valence-corrected chi connectivity index (χ1v) is 10.4. The first kappa shape index (κ1) is 20.2. The van der Waals surface area contributed by atoms with Crippen LogP contribution in [-0.2, 0) is 0 Å². The van der Waals surface area contributed by atoms with Gasteiger partial charge in [-0.15, -0.1) is 0 Å². The van der Waals surface area contributed by atoms with Crippen LogP contribution in [0.3, 0.4) is 0 Å². The summed E-state index contributed by atoms with van der Waals surface area (Å²) < 4.78 is 0. The lowest BCUT2D eigenvalue weighted by Crippen LogP contribution is -1.93.